The Morgan fingerprint density at radius 2 is 1.79 bits per heavy atom. The van der Waals surface area contributed by atoms with Crippen LogP contribution in [-0.4, -0.2) is 18.5 Å². The SMILES string of the molecule is CCCOC(=O)c1ccc(NC(=O)Cc2ccc(Cl)cc2Cl)cc1. The summed E-state index contributed by atoms with van der Waals surface area (Å²) in [4.78, 5) is 23.8. The minimum atomic E-state index is -0.373. The number of ether oxygens (including phenoxy) is 1. The van der Waals surface area contributed by atoms with Gasteiger partial charge in [0.2, 0.25) is 5.91 Å². The lowest BCUT2D eigenvalue weighted by atomic mass is 10.1. The van der Waals surface area contributed by atoms with Crippen molar-refractivity contribution >= 4 is 40.8 Å². The van der Waals surface area contributed by atoms with Crippen molar-refractivity contribution in [1.29, 1.82) is 0 Å². The highest BCUT2D eigenvalue weighted by Gasteiger charge is 2.10. The van der Waals surface area contributed by atoms with Crippen molar-refractivity contribution in [3.63, 3.8) is 0 Å². The van der Waals surface area contributed by atoms with Gasteiger partial charge in [0.1, 0.15) is 0 Å². The Hall–Kier alpha value is -2.04. The van der Waals surface area contributed by atoms with Gasteiger partial charge in [-0.05, 0) is 48.4 Å². The van der Waals surface area contributed by atoms with Crippen LogP contribution < -0.4 is 5.32 Å². The molecule has 0 aliphatic rings. The highest BCUT2D eigenvalue weighted by molar-refractivity contribution is 6.35. The summed E-state index contributed by atoms with van der Waals surface area (Å²) in [6.45, 7) is 2.32. The molecule has 24 heavy (non-hydrogen) atoms. The van der Waals surface area contributed by atoms with E-state index in [0.717, 1.165) is 6.42 Å². The van der Waals surface area contributed by atoms with E-state index >= 15 is 0 Å². The van der Waals surface area contributed by atoms with Crippen LogP contribution in [0.3, 0.4) is 0 Å². The van der Waals surface area contributed by atoms with Gasteiger partial charge in [0.05, 0.1) is 18.6 Å². The van der Waals surface area contributed by atoms with Crippen LogP contribution in [0.4, 0.5) is 5.69 Å². The molecule has 6 heteroatoms. The number of anilines is 1. The molecule has 0 fully saturated rings. The minimum Gasteiger partial charge on any atom is -0.462 e. The zero-order valence-electron chi connectivity index (χ0n) is 13.1. The number of rotatable bonds is 6. The van der Waals surface area contributed by atoms with Crippen LogP contribution in [0.5, 0.6) is 0 Å². The molecule has 1 N–H and O–H groups in total. The third-order valence-corrected chi connectivity index (χ3v) is 3.79. The first-order valence-electron chi connectivity index (χ1n) is 7.50. The average molecular weight is 366 g/mol. The molecule has 2 rings (SSSR count). The van der Waals surface area contributed by atoms with Gasteiger partial charge in [-0.2, -0.15) is 0 Å². The second-order valence-corrected chi connectivity index (χ2v) is 6.02. The maximum absolute atomic E-state index is 12.1. The zero-order valence-corrected chi connectivity index (χ0v) is 14.7. The Bertz CT molecular complexity index is 730. The fourth-order valence-corrected chi connectivity index (χ4v) is 2.49. The number of halogens is 2. The van der Waals surface area contributed by atoms with Gasteiger partial charge in [-0.3, -0.25) is 4.79 Å². The van der Waals surface area contributed by atoms with Crippen molar-refractivity contribution in [2.45, 2.75) is 19.8 Å². The van der Waals surface area contributed by atoms with Crippen molar-refractivity contribution < 1.29 is 14.3 Å². The van der Waals surface area contributed by atoms with Gasteiger partial charge in [-0.25, -0.2) is 4.79 Å². The number of hydrogen-bond acceptors (Lipinski definition) is 3. The highest BCUT2D eigenvalue weighted by atomic mass is 35.5. The first-order valence-corrected chi connectivity index (χ1v) is 8.26. The van der Waals surface area contributed by atoms with Crippen LogP contribution in [0, 0.1) is 0 Å². The summed E-state index contributed by atoms with van der Waals surface area (Å²) in [6, 6.07) is 11.5. The predicted molar refractivity (Wildman–Crippen MR) is 95.8 cm³/mol. The number of hydrogen-bond donors (Lipinski definition) is 1. The van der Waals surface area contributed by atoms with E-state index in [0.29, 0.717) is 33.5 Å². The molecule has 0 aromatic heterocycles. The van der Waals surface area contributed by atoms with E-state index < -0.39 is 0 Å². The molecule has 1 amide bonds. The summed E-state index contributed by atoms with van der Waals surface area (Å²) in [5, 5.41) is 3.73. The summed E-state index contributed by atoms with van der Waals surface area (Å²) >= 11 is 11.9. The van der Waals surface area contributed by atoms with Gasteiger partial charge < -0.3 is 10.1 Å². The molecule has 0 aliphatic heterocycles. The lowest BCUT2D eigenvalue weighted by Gasteiger charge is -2.08. The Labute approximate surface area is 150 Å². The number of amides is 1. The van der Waals surface area contributed by atoms with Crippen molar-refractivity contribution in [1.82, 2.24) is 0 Å². The standard InChI is InChI=1S/C18H17Cl2NO3/c1-2-9-24-18(23)12-4-7-15(8-5-12)21-17(22)10-13-3-6-14(19)11-16(13)20/h3-8,11H,2,9-10H2,1H3,(H,21,22). The third-order valence-electron chi connectivity index (χ3n) is 3.21. The van der Waals surface area contributed by atoms with Gasteiger partial charge in [0.25, 0.3) is 0 Å². The van der Waals surface area contributed by atoms with Crippen LogP contribution in [-0.2, 0) is 16.0 Å². The maximum atomic E-state index is 12.1. The van der Waals surface area contributed by atoms with E-state index in [2.05, 4.69) is 5.32 Å². The Morgan fingerprint density at radius 3 is 2.42 bits per heavy atom. The highest BCUT2D eigenvalue weighted by Crippen LogP contribution is 2.21. The first-order chi connectivity index (χ1) is 11.5. The van der Waals surface area contributed by atoms with Gasteiger partial charge >= 0.3 is 5.97 Å². The lowest BCUT2D eigenvalue weighted by molar-refractivity contribution is -0.115. The topological polar surface area (TPSA) is 55.4 Å². The van der Waals surface area contributed by atoms with Gasteiger partial charge in [0, 0.05) is 15.7 Å². The first kappa shape index (κ1) is 18.3. The largest absolute Gasteiger partial charge is 0.462 e. The van der Waals surface area contributed by atoms with Crippen molar-refractivity contribution in [3.8, 4) is 0 Å². The average Bonchev–Trinajstić information content (AvgIpc) is 2.56. The third kappa shape index (κ3) is 5.25. The predicted octanol–water partition coefficient (Wildman–Crippen LogP) is 4.74. The fourth-order valence-electron chi connectivity index (χ4n) is 2.01. The zero-order chi connectivity index (χ0) is 17.5. The second-order valence-electron chi connectivity index (χ2n) is 5.17. The van der Waals surface area contributed by atoms with Crippen LogP contribution >= 0.6 is 23.2 Å². The number of benzene rings is 2. The Morgan fingerprint density at radius 1 is 1.08 bits per heavy atom. The van der Waals surface area contributed by atoms with Crippen LogP contribution in [0.15, 0.2) is 42.5 Å². The monoisotopic (exact) mass is 365 g/mol. The number of carbonyl (C=O) groups excluding carboxylic acids is 2. The summed E-state index contributed by atoms with van der Waals surface area (Å²) in [5.74, 6) is -0.580. The van der Waals surface area contributed by atoms with Gasteiger partial charge in [-0.1, -0.05) is 36.2 Å². The molecule has 2 aromatic rings. The summed E-state index contributed by atoms with van der Waals surface area (Å²) in [7, 11) is 0. The lowest BCUT2D eigenvalue weighted by Crippen LogP contribution is -2.15. The normalized spacial score (nSPS) is 10.3. The molecular weight excluding hydrogens is 349 g/mol. The van der Waals surface area contributed by atoms with Crippen molar-refractivity contribution in [2.24, 2.45) is 0 Å². The number of nitrogens with one attached hydrogen (secondary N) is 1. The molecule has 4 nitrogen and oxygen atoms in total. The fraction of sp³-hybridized carbons (Fsp3) is 0.222. The van der Waals surface area contributed by atoms with Gasteiger partial charge in [0.15, 0.2) is 0 Å². The maximum Gasteiger partial charge on any atom is 0.338 e. The smallest absolute Gasteiger partial charge is 0.338 e. The molecule has 0 spiro atoms. The molecule has 0 unspecified atom stereocenters. The van der Waals surface area contributed by atoms with Crippen LogP contribution in [0.1, 0.15) is 29.3 Å². The second kappa shape index (κ2) is 8.71. The minimum absolute atomic E-state index is 0.135. The molecule has 0 atom stereocenters. The summed E-state index contributed by atoms with van der Waals surface area (Å²) in [5.41, 5.74) is 1.73. The van der Waals surface area contributed by atoms with Crippen molar-refractivity contribution in [3.05, 3.63) is 63.6 Å². The molecule has 0 heterocycles. The van der Waals surface area contributed by atoms with E-state index in [-0.39, 0.29) is 18.3 Å². The quantitative estimate of drug-likeness (QED) is 0.752. The van der Waals surface area contributed by atoms with E-state index in [1.807, 2.05) is 6.92 Å². The van der Waals surface area contributed by atoms with E-state index in [1.165, 1.54) is 0 Å². The molecule has 0 radical (unpaired) electrons. The Kier molecular flexibility index (Phi) is 6.64. The number of carbonyl (C=O) groups is 2. The molecule has 0 saturated carbocycles. The summed E-state index contributed by atoms with van der Waals surface area (Å²) < 4.78 is 5.05. The van der Waals surface area contributed by atoms with E-state index in [4.69, 9.17) is 27.9 Å². The van der Waals surface area contributed by atoms with E-state index in [1.54, 1.807) is 42.5 Å². The molecule has 0 bridgehead atoms. The molecule has 126 valence electrons. The van der Waals surface area contributed by atoms with E-state index in [9.17, 15) is 9.59 Å². The van der Waals surface area contributed by atoms with Gasteiger partial charge in [-0.15, -0.1) is 0 Å². The van der Waals surface area contributed by atoms with Crippen molar-refractivity contribution in [2.75, 3.05) is 11.9 Å². The molecule has 2 aromatic carbocycles. The van der Waals surface area contributed by atoms with Crippen LogP contribution in [0.25, 0.3) is 0 Å². The summed E-state index contributed by atoms with van der Waals surface area (Å²) in [6.07, 6.45) is 0.906. The molecule has 0 aliphatic carbocycles. The Balaban J connectivity index is 1.95. The van der Waals surface area contributed by atoms with Crippen LogP contribution in [0.2, 0.25) is 10.0 Å². The number of esters is 1. The molecular formula is C18H17Cl2NO3. The molecule has 0 saturated heterocycles.